The van der Waals surface area contributed by atoms with E-state index in [2.05, 4.69) is 18.8 Å². The van der Waals surface area contributed by atoms with Crippen LogP contribution in [0.4, 0.5) is 0 Å². The standard InChI is InChI=1S/C13H18O/c1-2-3-4-5-6-7-8-12-9-10-13(14)11-12/h9-10,12H,2-5,8,11H2,1H3/t12-/m0/s1. The minimum Gasteiger partial charge on any atom is -0.295 e. The lowest BCUT2D eigenvalue weighted by Crippen LogP contribution is -1.94. The highest BCUT2D eigenvalue weighted by Crippen LogP contribution is 2.16. The Morgan fingerprint density at radius 3 is 2.93 bits per heavy atom. The molecule has 1 heteroatoms. The van der Waals surface area contributed by atoms with Gasteiger partial charge in [0.15, 0.2) is 5.78 Å². The second kappa shape index (κ2) is 6.43. The molecule has 1 aliphatic carbocycles. The smallest absolute Gasteiger partial charge is 0.156 e. The zero-order valence-corrected chi connectivity index (χ0v) is 8.88. The predicted octanol–water partition coefficient (Wildman–Crippen LogP) is 3.11. The summed E-state index contributed by atoms with van der Waals surface area (Å²) in [5, 5.41) is 0. The van der Waals surface area contributed by atoms with E-state index in [1.165, 1.54) is 19.3 Å². The first kappa shape index (κ1) is 11.0. The van der Waals surface area contributed by atoms with Crippen molar-refractivity contribution in [3.8, 4) is 11.8 Å². The monoisotopic (exact) mass is 190 g/mol. The van der Waals surface area contributed by atoms with Gasteiger partial charge in [-0.25, -0.2) is 0 Å². The van der Waals surface area contributed by atoms with Gasteiger partial charge in [-0.1, -0.05) is 25.8 Å². The molecule has 0 unspecified atom stereocenters. The van der Waals surface area contributed by atoms with Crippen LogP contribution in [0.15, 0.2) is 12.2 Å². The Hall–Kier alpha value is -1.03. The maximum Gasteiger partial charge on any atom is 0.156 e. The summed E-state index contributed by atoms with van der Waals surface area (Å²) in [5.74, 6) is 6.96. The third-order valence-corrected chi connectivity index (χ3v) is 2.41. The Balaban J connectivity index is 2.08. The topological polar surface area (TPSA) is 17.1 Å². The van der Waals surface area contributed by atoms with Crippen molar-refractivity contribution in [2.75, 3.05) is 0 Å². The Morgan fingerprint density at radius 2 is 2.29 bits per heavy atom. The Kier molecular flexibility index (Phi) is 5.07. The largest absolute Gasteiger partial charge is 0.295 e. The molecule has 0 heterocycles. The molecule has 76 valence electrons. The van der Waals surface area contributed by atoms with Gasteiger partial charge in [0.2, 0.25) is 0 Å². The van der Waals surface area contributed by atoms with Crippen LogP contribution in [0.3, 0.4) is 0 Å². The lowest BCUT2D eigenvalue weighted by Gasteiger charge is -1.97. The molecule has 0 spiro atoms. The van der Waals surface area contributed by atoms with Gasteiger partial charge in [0.1, 0.15) is 0 Å². The predicted molar refractivity (Wildman–Crippen MR) is 58.8 cm³/mol. The number of allylic oxidation sites excluding steroid dienone is 2. The highest BCUT2D eigenvalue weighted by atomic mass is 16.1. The molecule has 1 aliphatic rings. The molecule has 0 saturated heterocycles. The Bertz CT molecular complexity index is 265. The SMILES string of the molecule is CCCCCC#CC[C@H]1C=CC(=O)C1. The average molecular weight is 190 g/mol. The first-order valence-corrected chi connectivity index (χ1v) is 5.49. The number of rotatable bonds is 4. The van der Waals surface area contributed by atoms with Gasteiger partial charge in [0.25, 0.3) is 0 Å². The minimum atomic E-state index is 0.253. The van der Waals surface area contributed by atoms with E-state index in [9.17, 15) is 4.79 Å². The molecule has 0 fully saturated rings. The average Bonchev–Trinajstić information content (AvgIpc) is 2.58. The lowest BCUT2D eigenvalue weighted by atomic mass is 10.1. The summed E-state index contributed by atoms with van der Waals surface area (Å²) in [6, 6.07) is 0. The summed E-state index contributed by atoms with van der Waals surface area (Å²) in [7, 11) is 0. The molecule has 1 atom stereocenters. The molecule has 0 bridgehead atoms. The molecule has 0 amide bonds. The number of hydrogen-bond acceptors (Lipinski definition) is 1. The molecule has 1 nitrogen and oxygen atoms in total. The summed E-state index contributed by atoms with van der Waals surface area (Å²) in [4.78, 5) is 10.9. The summed E-state index contributed by atoms with van der Waals surface area (Å²) < 4.78 is 0. The summed E-state index contributed by atoms with van der Waals surface area (Å²) >= 11 is 0. The van der Waals surface area contributed by atoms with Crippen molar-refractivity contribution in [1.29, 1.82) is 0 Å². The molecule has 0 N–H and O–H groups in total. The first-order chi connectivity index (χ1) is 6.83. The van der Waals surface area contributed by atoms with Crippen LogP contribution in [-0.2, 0) is 4.79 Å². The molecule has 14 heavy (non-hydrogen) atoms. The maximum absolute atomic E-state index is 10.9. The Labute approximate surface area is 86.6 Å². The van der Waals surface area contributed by atoms with E-state index in [4.69, 9.17) is 0 Å². The van der Waals surface area contributed by atoms with Gasteiger partial charge in [-0.2, -0.15) is 0 Å². The number of unbranched alkanes of at least 4 members (excludes halogenated alkanes) is 3. The third kappa shape index (κ3) is 4.28. The first-order valence-electron chi connectivity index (χ1n) is 5.49. The molecule has 0 aliphatic heterocycles. The van der Waals surface area contributed by atoms with E-state index in [0.29, 0.717) is 12.3 Å². The fraction of sp³-hybridized carbons (Fsp3) is 0.615. The van der Waals surface area contributed by atoms with Crippen LogP contribution in [0.25, 0.3) is 0 Å². The van der Waals surface area contributed by atoms with Gasteiger partial charge < -0.3 is 0 Å². The van der Waals surface area contributed by atoms with Crippen LogP contribution in [0.5, 0.6) is 0 Å². The molecule has 0 aromatic rings. The van der Waals surface area contributed by atoms with Crippen molar-refractivity contribution in [3.63, 3.8) is 0 Å². The van der Waals surface area contributed by atoms with Gasteiger partial charge >= 0.3 is 0 Å². The van der Waals surface area contributed by atoms with E-state index in [0.717, 1.165) is 12.8 Å². The maximum atomic E-state index is 10.9. The van der Waals surface area contributed by atoms with Crippen LogP contribution in [-0.4, -0.2) is 5.78 Å². The van der Waals surface area contributed by atoms with Crippen LogP contribution in [0.1, 0.15) is 45.4 Å². The zero-order valence-electron chi connectivity index (χ0n) is 8.88. The summed E-state index contributed by atoms with van der Waals surface area (Å²) in [6.07, 6.45) is 9.95. The molecule has 0 aromatic carbocycles. The van der Waals surface area contributed by atoms with Crippen LogP contribution in [0.2, 0.25) is 0 Å². The van der Waals surface area contributed by atoms with Crippen molar-refractivity contribution in [2.24, 2.45) is 5.92 Å². The van der Waals surface area contributed by atoms with E-state index in [-0.39, 0.29) is 5.78 Å². The summed E-state index contributed by atoms with van der Waals surface area (Å²) in [5.41, 5.74) is 0. The number of ketones is 1. The van der Waals surface area contributed by atoms with Gasteiger partial charge in [-0.05, 0) is 18.4 Å². The quantitative estimate of drug-likeness (QED) is 0.492. The van der Waals surface area contributed by atoms with Gasteiger partial charge in [0.05, 0.1) is 0 Å². The van der Waals surface area contributed by atoms with Crippen molar-refractivity contribution in [2.45, 2.75) is 45.4 Å². The van der Waals surface area contributed by atoms with E-state index in [1.54, 1.807) is 6.08 Å². The number of carbonyl (C=O) groups excluding carboxylic acids is 1. The molecule has 0 radical (unpaired) electrons. The van der Waals surface area contributed by atoms with Gasteiger partial charge in [-0.3, -0.25) is 4.79 Å². The lowest BCUT2D eigenvalue weighted by molar-refractivity contribution is -0.114. The third-order valence-electron chi connectivity index (χ3n) is 2.41. The Morgan fingerprint density at radius 1 is 1.43 bits per heavy atom. The fourth-order valence-electron chi connectivity index (χ4n) is 1.53. The second-order valence-corrected chi connectivity index (χ2v) is 3.80. The molecule has 0 aromatic heterocycles. The van der Waals surface area contributed by atoms with Crippen molar-refractivity contribution in [3.05, 3.63) is 12.2 Å². The molecule has 0 saturated carbocycles. The molecular weight excluding hydrogens is 172 g/mol. The summed E-state index contributed by atoms with van der Waals surface area (Å²) in [6.45, 7) is 2.20. The normalized spacial score (nSPS) is 19.5. The van der Waals surface area contributed by atoms with Gasteiger partial charge in [-0.15, -0.1) is 11.8 Å². The highest BCUT2D eigenvalue weighted by molar-refractivity contribution is 5.92. The zero-order chi connectivity index (χ0) is 10.2. The number of hydrogen-bond donors (Lipinski definition) is 0. The van der Waals surface area contributed by atoms with Crippen LogP contribution in [0, 0.1) is 17.8 Å². The molecule has 1 rings (SSSR count). The minimum absolute atomic E-state index is 0.253. The second-order valence-electron chi connectivity index (χ2n) is 3.80. The van der Waals surface area contributed by atoms with E-state index >= 15 is 0 Å². The van der Waals surface area contributed by atoms with Gasteiger partial charge in [0, 0.05) is 19.3 Å². The van der Waals surface area contributed by atoms with E-state index < -0.39 is 0 Å². The van der Waals surface area contributed by atoms with Crippen molar-refractivity contribution >= 4 is 5.78 Å². The van der Waals surface area contributed by atoms with Crippen molar-refractivity contribution in [1.82, 2.24) is 0 Å². The van der Waals surface area contributed by atoms with Crippen LogP contribution >= 0.6 is 0 Å². The molecular formula is C13H18O. The fourth-order valence-corrected chi connectivity index (χ4v) is 1.53. The van der Waals surface area contributed by atoms with Crippen molar-refractivity contribution < 1.29 is 4.79 Å². The number of carbonyl (C=O) groups is 1. The van der Waals surface area contributed by atoms with Crippen LogP contribution < -0.4 is 0 Å². The highest BCUT2D eigenvalue weighted by Gasteiger charge is 2.13. The van der Waals surface area contributed by atoms with E-state index in [1.807, 2.05) is 6.08 Å².